The van der Waals surface area contributed by atoms with Gasteiger partial charge in [-0.15, -0.1) is 0 Å². The van der Waals surface area contributed by atoms with E-state index in [4.69, 9.17) is 16.3 Å². The molecule has 2 amide bonds. The SMILES string of the molecule is O=C(NC[C@@H]1CNCCOC1)Nc1cc(C(F)(F)F)ccc1Cl. The lowest BCUT2D eigenvalue weighted by atomic mass is 10.1. The summed E-state index contributed by atoms with van der Waals surface area (Å²) in [6.07, 6.45) is -4.50. The molecule has 2 rings (SSSR count). The molecule has 128 valence electrons. The number of urea groups is 1. The van der Waals surface area contributed by atoms with Crippen molar-refractivity contribution in [2.75, 3.05) is 38.2 Å². The highest BCUT2D eigenvalue weighted by molar-refractivity contribution is 6.33. The first kappa shape index (κ1) is 17.8. The van der Waals surface area contributed by atoms with Gasteiger partial charge in [0.2, 0.25) is 0 Å². The molecule has 1 atom stereocenters. The van der Waals surface area contributed by atoms with Crippen LogP contribution in [0.2, 0.25) is 5.02 Å². The molecule has 5 nitrogen and oxygen atoms in total. The van der Waals surface area contributed by atoms with Crippen molar-refractivity contribution in [3.05, 3.63) is 28.8 Å². The fourth-order valence-corrected chi connectivity index (χ4v) is 2.26. The number of halogens is 4. The summed E-state index contributed by atoms with van der Waals surface area (Å²) in [5, 5.41) is 8.13. The molecule has 1 fully saturated rings. The van der Waals surface area contributed by atoms with Gasteiger partial charge in [0.05, 0.1) is 29.5 Å². The molecule has 0 saturated carbocycles. The van der Waals surface area contributed by atoms with Gasteiger partial charge in [0.25, 0.3) is 0 Å². The maximum Gasteiger partial charge on any atom is 0.416 e. The lowest BCUT2D eigenvalue weighted by molar-refractivity contribution is -0.137. The van der Waals surface area contributed by atoms with Crippen LogP contribution in [0.5, 0.6) is 0 Å². The molecule has 0 aliphatic carbocycles. The number of hydrogen-bond acceptors (Lipinski definition) is 3. The molecule has 1 heterocycles. The summed E-state index contributed by atoms with van der Waals surface area (Å²) >= 11 is 5.82. The molecule has 0 spiro atoms. The van der Waals surface area contributed by atoms with Gasteiger partial charge in [-0.1, -0.05) is 11.6 Å². The topological polar surface area (TPSA) is 62.4 Å². The van der Waals surface area contributed by atoms with E-state index in [1.807, 2.05) is 0 Å². The minimum absolute atomic E-state index is 0.0348. The Morgan fingerprint density at radius 1 is 1.43 bits per heavy atom. The quantitative estimate of drug-likeness (QED) is 0.784. The predicted octanol–water partition coefficient (Wildman–Crippen LogP) is 2.72. The van der Waals surface area contributed by atoms with Gasteiger partial charge in [0.1, 0.15) is 0 Å². The van der Waals surface area contributed by atoms with Crippen LogP contribution < -0.4 is 16.0 Å². The molecular weight excluding hydrogens is 335 g/mol. The molecular formula is C14H17ClF3N3O2. The van der Waals surface area contributed by atoms with Gasteiger partial charge < -0.3 is 20.7 Å². The van der Waals surface area contributed by atoms with E-state index in [0.29, 0.717) is 26.3 Å². The maximum absolute atomic E-state index is 12.7. The summed E-state index contributed by atoms with van der Waals surface area (Å²) < 4.78 is 43.4. The molecule has 0 unspecified atom stereocenters. The van der Waals surface area contributed by atoms with Crippen molar-refractivity contribution >= 4 is 23.3 Å². The van der Waals surface area contributed by atoms with E-state index in [1.54, 1.807) is 0 Å². The standard InChI is InChI=1S/C14H17ClF3N3O2/c15-11-2-1-10(14(16,17)18)5-12(11)21-13(22)20-7-9-6-19-3-4-23-8-9/h1-2,5,9,19H,3-4,6-8H2,(H2,20,21,22)/t9-/m0/s1. The van der Waals surface area contributed by atoms with Crippen LogP contribution in [0, 0.1) is 5.92 Å². The number of benzene rings is 1. The molecule has 9 heteroatoms. The Hall–Kier alpha value is -1.51. The van der Waals surface area contributed by atoms with E-state index in [-0.39, 0.29) is 16.6 Å². The van der Waals surface area contributed by atoms with Crippen molar-refractivity contribution < 1.29 is 22.7 Å². The van der Waals surface area contributed by atoms with Crippen LogP contribution in [0.15, 0.2) is 18.2 Å². The third kappa shape index (κ3) is 5.56. The zero-order valence-electron chi connectivity index (χ0n) is 12.2. The number of nitrogens with one attached hydrogen (secondary N) is 3. The maximum atomic E-state index is 12.7. The van der Waals surface area contributed by atoms with Crippen molar-refractivity contribution in [1.29, 1.82) is 0 Å². The highest BCUT2D eigenvalue weighted by atomic mass is 35.5. The Bertz CT molecular complexity index is 547. The lowest BCUT2D eigenvalue weighted by Crippen LogP contribution is -2.37. The van der Waals surface area contributed by atoms with Crippen LogP contribution in [0.25, 0.3) is 0 Å². The second-order valence-electron chi connectivity index (χ2n) is 5.17. The lowest BCUT2D eigenvalue weighted by Gasteiger charge is -2.16. The van der Waals surface area contributed by atoms with E-state index >= 15 is 0 Å². The molecule has 1 aliphatic heterocycles. The number of carbonyl (C=O) groups is 1. The molecule has 3 N–H and O–H groups in total. The summed E-state index contributed by atoms with van der Waals surface area (Å²) in [7, 11) is 0. The molecule has 1 saturated heterocycles. The Labute approximate surface area is 136 Å². The third-order valence-electron chi connectivity index (χ3n) is 3.30. The number of alkyl halides is 3. The van der Waals surface area contributed by atoms with E-state index in [1.165, 1.54) is 0 Å². The van der Waals surface area contributed by atoms with Gasteiger partial charge in [-0.25, -0.2) is 4.79 Å². The highest BCUT2D eigenvalue weighted by Crippen LogP contribution is 2.33. The number of hydrogen-bond donors (Lipinski definition) is 3. The number of amides is 2. The molecule has 23 heavy (non-hydrogen) atoms. The minimum atomic E-state index is -4.50. The van der Waals surface area contributed by atoms with E-state index < -0.39 is 17.8 Å². The number of anilines is 1. The van der Waals surface area contributed by atoms with Gasteiger partial charge in [-0.2, -0.15) is 13.2 Å². The third-order valence-corrected chi connectivity index (χ3v) is 3.63. The summed E-state index contributed by atoms with van der Waals surface area (Å²) in [5.74, 6) is 0.0974. The van der Waals surface area contributed by atoms with Gasteiger partial charge >= 0.3 is 12.2 Å². The Morgan fingerprint density at radius 3 is 2.96 bits per heavy atom. The average molecular weight is 352 g/mol. The smallest absolute Gasteiger partial charge is 0.380 e. The molecule has 0 aromatic heterocycles. The van der Waals surface area contributed by atoms with Crippen molar-refractivity contribution in [2.24, 2.45) is 5.92 Å². The molecule has 1 aliphatic rings. The predicted molar refractivity (Wildman–Crippen MR) is 80.7 cm³/mol. The first-order chi connectivity index (χ1) is 10.9. The van der Waals surface area contributed by atoms with Gasteiger partial charge in [-0.05, 0) is 18.2 Å². The summed E-state index contributed by atoms with van der Waals surface area (Å²) in [5.41, 5.74) is -0.965. The Kier molecular flexibility index (Phi) is 6.09. The second kappa shape index (κ2) is 7.85. The molecule has 0 bridgehead atoms. The number of rotatable bonds is 3. The minimum Gasteiger partial charge on any atom is -0.380 e. The first-order valence-electron chi connectivity index (χ1n) is 7.06. The fourth-order valence-electron chi connectivity index (χ4n) is 2.09. The normalized spacial score (nSPS) is 19.0. The van der Waals surface area contributed by atoms with E-state index in [0.717, 1.165) is 24.7 Å². The van der Waals surface area contributed by atoms with Crippen molar-refractivity contribution in [3.63, 3.8) is 0 Å². The van der Waals surface area contributed by atoms with Crippen LogP contribution in [0.4, 0.5) is 23.7 Å². The average Bonchev–Trinajstić information content (AvgIpc) is 2.75. The van der Waals surface area contributed by atoms with E-state index in [9.17, 15) is 18.0 Å². The zero-order valence-corrected chi connectivity index (χ0v) is 12.9. The summed E-state index contributed by atoms with van der Waals surface area (Å²) in [4.78, 5) is 11.8. The Balaban J connectivity index is 1.91. The van der Waals surface area contributed by atoms with Gasteiger partial charge in [-0.3, -0.25) is 0 Å². The Morgan fingerprint density at radius 2 is 2.22 bits per heavy atom. The largest absolute Gasteiger partial charge is 0.416 e. The van der Waals surface area contributed by atoms with Crippen LogP contribution in [0.3, 0.4) is 0 Å². The monoisotopic (exact) mass is 351 g/mol. The van der Waals surface area contributed by atoms with Gasteiger partial charge in [0, 0.05) is 25.6 Å². The fraction of sp³-hybridized carbons (Fsp3) is 0.500. The first-order valence-corrected chi connectivity index (χ1v) is 7.44. The zero-order chi connectivity index (χ0) is 16.9. The second-order valence-corrected chi connectivity index (χ2v) is 5.58. The van der Waals surface area contributed by atoms with Crippen LogP contribution >= 0.6 is 11.6 Å². The summed E-state index contributed by atoms with van der Waals surface area (Å²) in [6.45, 7) is 2.92. The number of ether oxygens (including phenoxy) is 1. The van der Waals surface area contributed by atoms with Crippen molar-refractivity contribution in [1.82, 2.24) is 10.6 Å². The molecule has 1 aromatic rings. The van der Waals surface area contributed by atoms with Crippen molar-refractivity contribution in [3.8, 4) is 0 Å². The van der Waals surface area contributed by atoms with Crippen LogP contribution in [0.1, 0.15) is 5.56 Å². The molecule has 0 radical (unpaired) electrons. The van der Waals surface area contributed by atoms with Gasteiger partial charge in [0.15, 0.2) is 0 Å². The summed E-state index contributed by atoms with van der Waals surface area (Å²) in [6, 6.07) is 2.15. The highest BCUT2D eigenvalue weighted by Gasteiger charge is 2.31. The van der Waals surface area contributed by atoms with E-state index in [2.05, 4.69) is 16.0 Å². The van der Waals surface area contributed by atoms with Crippen LogP contribution in [-0.2, 0) is 10.9 Å². The molecule has 1 aromatic carbocycles. The number of carbonyl (C=O) groups excluding carboxylic acids is 1. The van der Waals surface area contributed by atoms with Crippen molar-refractivity contribution in [2.45, 2.75) is 6.18 Å². The van der Waals surface area contributed by atoms with Crippen LogP contribution in [-0.4, -0.2) is 38.9 Å².